The van der Waals surface area contributed by atoms with Crippen LogP contribution in [0, 0.1) is 6.92 Å². The summed E-state index contributed by atoms with van der Waals surface area (Å²) in [6.45, 7) is 1.91. The Morgan fingerprint density at radius 1 is 1.47 bits per heavy atom. The van der Waals surface area contributed by atoms with Gasteiger partial charge in [0.05, 0.1) is 11.9 Å². The van der Waals surface area contributed by atoms with E-state index < -0.39 is 0 Å². The van der Waals surface area contributed by atoms with Gasteiger partial charge < -0.3 is 5.32 Å². The minimum Gasteiger partial charge on any atom is -0.325 e. The van der Waals surface area contributed by atoms with Gasteiger partial charge in [-0.25, -0.2) is 0 Å². The summed E-state index contributed by atoms with van der Waals surface area (Å²) in [7, 11) is 0. The Bertz CT molecular complexity index is 311. The van der Waals surface area contributed by atoms with Gasteiger partial charge in [-0.15, -0.1) is 11.6 Å². The van der Waals surface area contributed by atoms with E-state index >= 15 is 0 Å². The van der Waals surface area contributed by atoms with Gasteiger partial charge in [0.25, 0.3) is 0 Å². The van der Waals surface area contributed by atoms with Crippen LogP contribution in [0.5, 0.6) is 0 Å². The number of carbonyl (C=O) groups excluding carboxylic acids is 1. The van der Waals surface area contributed by atoms with Gasteiger partial charge in [0.1, 0.15) is 0 Å². The second-order valence-corrected chi connectivity index (χ2v) is 3.76. The van der Waals surface area contributed by atoms with Crippen molar-refractivity contribution in [2.75, 3.05) is 11.2 Å². The molecule has 1 aromatic rings. The van der Waals surface area contributed by atoms with Gasteiger partial charge in [-0.1, -0.05) is 0 Å². The van der Waals surface area contributed by atoms with Crippen LogP contribution in [-0.4, -0.2) is 16.8 Å². The number of aryl methyl sites for hydroxylation is 1. The summed E-state index contributed by atoms with van der Waals surface area (Å²) in [4.78, 5) is 15.5. The number of alkyl halides is 1. The van der Waals surface area contributed by atoms with E-state index in [1.54, 1.807) is 6.20 Å². The molecule has 0 spiro atoms. The molecule has 3 nitrogen and oxygen atoms in total. The maximum Gasteiger partial charge on any atom is 0.224 e. The van der Waals surface area contributed by atoms with Crippen LogP contribution in [-0.2, 0) is 4.79 Å². The van der Waals surface area contributed by atoms with Crippen molar-refractivity contribution < 1.29 is 4.79 Å². The lowest BCUT2D eigenvalue weighted by molar-refractivity contribution is -0.116. The molecule has 4 heteroatoms. The Morgan fingerprint density at radius 3 is 2.87 bits per heavy atom. The molecule has 0 atom stereocenters. The molecule has 1 rings (SSSR count). The van der Waals surface area contributed by atoms with Crippen molar-refractivity contribution >= 4 is 23.2 Å². The minimum atomic E-state index is 0.0192. The third-order valence-corrected chi connectivity index (χ3v) is 2.25. The molecule has 0 aliphatic carbocycles. The molecular formula is C11H15ClN2O. The lowest BCUT2D eigenvalue weighted by Crippen LogP contribution is -2.11. The van der Waals surface area contributed by atoms with Crippen LogP contribution in [0.15, 0.2) is 18.3 Å². The SMILES string of the molecule is Cc1ccc(NC(=O)CCCCCl)cn1. The van der Waals surface area contributed by atoms with E-state index in [1.807, 2.05) is 19.1 Å². The van der Waals surface area contributed by atoms with Crippen LogP contribution < -0.4 is 5.32 Å². The molecule has 0 aromatic carbocycles. The Labute approximate surface area is 94.9 Å². The number of amides is 1. The molecule has 0 bridgehead atoms. The molecule has 1 amide bonds. The molecule has 1 aromatic heterocycles. The lowest BCUT2D eigenvalue weighted by atomic mass is 10.2. The summed E-state index contributed by atoms with van der Waals surface area (Å²) in [5.41, 5.74) is 1.69. The number of nitrogens with zero attached hydrogens (tertiary/aromatic N) is 1. The molecule has 0 saturated carbocycles. The zero-order valence-corrected chi connectivity index (χ0v) is 9.55. The normalized spacial score (nSPS) is 10.0. The summed E-state index contributed by atoms with van der Waals surface area (Å²) in [6.07, 6.45) is 3.88. The Kier molecular flexibility index (Phi) is 5.12. The number of anilines is 1. The topological polar surface area (TPSA) is 42.0 Å². The molecule has 1 N–H and O–H groups in total. The van der Waals surface area contributed by atoms with Crippen molar-refractivity contribution in [1.29, 1.82) is 0 Å². The Morgan fingerprint density at radius 2 is 2.27 bits per heavy atom. The highest BCUT2D eigenvalue weighted by atomic mass is 35.5. The van der Waals surface area contributed by atoms with E-state index in [0.717, 1.165) is 24.2 Å². The summed E-state index contributed by atoms with van der Waals surface area (Å²) in [5, 5.41) is 2.78. The van der Waals surface area contributed by atoms with Gasteiger partial charge in [0.15, 0.2) is 0 Å². The largest absolute Gasteiger partial charge is 0.325 e. The number of halogens is 1. The number of aromatic nitrogens is 1. The van der Waals surface area contributed by atoms with E-state index in [0.29, 0.717) is 12.3 Å². The third kappa shape index (κ3) is 4.79. The fourth-order valence-electron chi connectivity index (χ4n) is 1.15. The van der Waals surface area contributed by atoms with Gasteiger partial charge in [0.2, 0.25) is 5.91 Å². The van der Waals surface area contributed by atoms with Gasteiger partial charge in [-0.3, -0.25) is 9.78 Å². The first-order chi connectivity index (χ1) is 7.22. The smallest absolute Gasteiger partial charge is 0.224 e. The third-order valence-electron chi connectivity index (χ3n) is 1.98. The number of carbonyl (C=O) groups is 1. The maximum atomic E-state index is 11.4. The fraction of sp³-hybridized carbons (Fsp3) is 0.455. The zero-order valence-electron chi connectivity index (χ0n) is 8.79. The monoisotopic (exact) mass is 226 g/mol. The van der Waals surface area contributed by atoms with Gasteiger partial charge >= 0.3 is 0 Å². The van der Waals surface area contributed by atoms with Crippen molar-refractivity contribution in [3.05, 3.63) is 24.0 Å². The highest BCUT2D eigenvalue weighted by Crippen LogP contribution is 2.07. The summed E-state index contributed by atoms with van der Waals surface area (Å²) < 4.78 is 0. The first-order valence-electron chi connectivity index (χ1n) is 5.01. The van der Waals surface area contributed by atoms with Crippen LogP contribution in [0.3, 0.4) is 0 Å². The Balaban J connectivity index is 2.34. The van der Waals surface area contributed by atoms with Gasteiger partial charge in [-0.05, 0) is 31.9 Å². The van der Waals surface area contributed by atoms with Gasteiger partial charge in [0, 0.05) is 18.0 Å². The standard InChI is InChI=1S/C11H15ClN2O/c1-9-5-6-10(8-13-9)14-11(15)4-2-3-7-12/h5-6,8H,2-4,7H2,1H3,(H,14,15). The second-order valence-electron chi connectivity index (χ2n) is 3.38. The number of unbranched alkanes of at least 4 members (excludes halogenated alkanes) is 1. The summed E-state index contributed by atoms with van der Waals surface area (Å²) in [6, 6.07) is 3.72. The van der Waals surface area contributed by atoms with E-state index in [1.165, 1.54) is 0 Å². The molecule has 82 valence electrons. The quantitative estimate of drug-likeness (QED) is 0.620. The number of hydrogen-bond acceptors (Lipinski definition) is 2. The summed E-state index contributed by atoms with van der Waals surface area (Å²) >= 11 is 5.52. The predicted molar refractivity (Wildman–Crippen MR) is 62.2 cm³/mol. The van der Waals surface area contributed by atoms with Crippen LogP contribution in [0.4, 0.5) is 5.69 Å². The minimum absolute atomic E-state index is 0.0192. The van der Waals surface area contributed by atoms with Crippen molar-refractivity contribution in [3.63, 3.8) is 0 Å². The number of hydrogen-bond donors (Lipinski definition) is 1. The molecule has 0 unspecified atom stereocenters. The first-order valence-corrected chi connectivity index (χ1v) is 5.54. The van der Waals surface area contributed by atoms with Crippen LogP contribution in [0.1, 0.15) is 25.0 Å². The van der Waals surface area contributed by atoms with Crippen LogP contribution in [0.2, 0.25) is 0 Å². The molecule has 0 radical (unpaired) electrons. The number of pyridine rings is 1. The first kappa shape index (κ1) is 12.0. The zero-order chi connectivity index (χ0) is 11.1. The van der Waals surface area contributed by atoms with E-state index in [9.17, 15) is 4.79 Å². The van der Waals surface area contributed by atoms with Crippen molar-refractivity contribution in [3.8, 4) is 0 Å². The van der Waals surface area contributed by atoms with Crippen LogP contribution >= 0.6 is 11.6 Å². The average molecular weight is 227 g/mol. The van der Waals surface area contributed by atoms with E-state index in [-0.39, 0.29) is 5.91 Å². The number of rotatable bonds is 5. The average Bonchev–Trinajstić information content (AvgIpc) is 2.22. The van der Waals surface area contributed by atoms with Gasteiger partial charge in [-0.2, -0.15) is 0 Å². The maximum absolute atomic E-state index is 11.4. The molecule has 0 fully saturated rings. The molecule has 1 heterocycles. The molecule has 0 aliphatic rings. The second kappa shape index (κ2) is 6.40. The van der Waals surface area contributed by atoms with Crippen molar-refractivity contribution in [2.24, 2.45) is 0 Å². The summed E-state index contributed by atoms with van der Waals surface area (Å²) in [5.74, 6) is 0.630. The highest BCUT2D eigenvalue weighted by molar-refractivity contribution is 6.17. The molecule has 0 saturated heterocycles. The van der Waals surface area contributed by atoms with Crippen molar-refractivity contribution in [2.45, 2.75) is 26.2 Å². The predicted octanol–water partition coefficient (Wildman–Crippen LogP) is 2.74. The van der Waals surface area contributed by atoms with E-state index in [2.05, 4.69) is 10.3 Å². The lowest BCUT2D eigenvalue weighted by Gasteiger charge is -2.04. The van der Waals surface area contributed by atoms with E-state index in [4.69, 9.17) is 11.6 Å². The number of nitrogens with one attached hydrogen (secondary N) is 1. The molecule has 0 aliphatic heterocycles. The fourth-order valence-corrected chi connectivity index (χ4v) is 1.33. The Hall–Kier alpha value is -1.09. The highest BCUT2D eigenvalue weighted by Gasteiger charge is 2.01. The molecule has 15 heavy (non-hydrogen) atoms. The molecular weight excluding hydrogens is 212 g/mol. The van der Waals surface area contributed by atoms with Crippen LogP contribution in [0.25, 0.3) is 0 Å². The van der Waals surface area contributed by atoms with Crippen molar-refractivity contribution in [1.82, 2.24) is 4.98 Å².